The number of aromatic nitrogens is 1. The monoisotopic (exact) mass is 460 g/mol. The molecule has 1 heterocycles. The number of fused-ring (bicyclic) bond motifs is 1. The fraction of sp³-hybridized carbons (Fsp3) is 0.214. The Labute approximate surface area is 196 Å². The molecule has 0 amide bonds. The van der Waals surface area contributed by atoms with E-state index in [1.165, 1.54) is 6.07 Å². The van der Waals surface area contributed by atoms with E-state index in [1.54, 1.807) is 19.2 Å². The van der Waals surface area contributed by atoms with E-state index in [0.29, 0.717) is 29.5 Å². The minimum absolute atomic E-state index is 0.260. The number of nitrogens with zero attached hydrogens (tertiary/aromatic N) is 2. The highest BCUT2D eigenvalue weighted by molar-refractivity contribution is 5.84. The van der Waals surface area contributed by atoms with Crippen molar-refractivity contribution in [3.05, 3.63) is 112 Å². The normalized spacial score (nSPS) is 11.0. The van der Waals surface area contributed by atoms with E-state index in [1.807, 2.05) is 36.5 Å². The first kappa shape index (κ1) is 23.5. The standard InChI is InChI=1S/C28H23F3N2O/c1-34-17-20-4-10-23(33-16-20)9-3-18-5-11-24-22(12-18)8-7-21(28(24)31)6-2-19-13-26(29)25(15-32)27(30)14-19/h4-5,7-8,10-14,16H,2-3,6,9,17H2,1H3. The second-order valence-electron chi connectivity index (χ2n) is 8.23. The van der Waals surface area contributed by atoms with E-state index in [-0.39, 0.29) is 12.2 Å². The van der Waals surface area contributed by atoms with Gasteiger partial charge in [0, 0.05) is 24.4 Å². The van der Waals surface area contributed by atoms with Gasteiger partial charge in [0.25, 0.3) is 0 Å². The molecule has 0 bridgehead atoms. The van der Waals surface area contributed by atoms with E-state index in [2.05, 4.69) is 4.98 Å². The van der Waals surface area contributed by atoms with Crippen molar-refractivity contribution in [3.63, 3.8) is 0 Å². The van der Waals surface area contributed by atoms with Crippen LogP contribution in [0.2, 0.25) is 0 Å². The van der Waals surface area contributed by atoms with Crippen molar-refractivity contribution >= 4 is 10.8 Å². The predicted molar refractivity (Wildman–Crippen MR) is 125 cm³/mol. The summed E-state index contributed by atoms with van der Waals surface area (Å²) in [6.07, 6.45) is 3.93. The third kappa shape index (κ3) is 5.27. The van der Waals surface area contributed by atoms with Crippen LogP contribution in [0.15, 0.2) is 60.8 Å². The number of halogens is 3. The molecule has 4 rings (SSSR count). The summed E-state index contributed by atoms with van der Waals surface area (Å²) >= 11 is 0. The molecule has 0 N–H and O–H groups in total. The first-order valence-corrected chi connectivity index (χ1v) is 11.0. The van der Waals surface area contributed by atoms with Crippen LogP contribution in [0.1, 0.15) is 33.5 Å². The molecular formula is C28H23F3N2O. The highest BCUT2D eigenvalue weighted by Crippen LogP contribution is 2.25. The number of ether oxygens (including phenoxy) is 1. The van der Waals surface area contributed by atoms with E-state index >= 15 is 4.39 Å². The van der Waals surface area contributed by atoms with Crippen LogP contribution in [0.4, 0.5) is 13.2 Å². The molecule has 6 heteroatoms. The smallest absolute Gasteiger partial charge is 0.144 e. The van der Waals surface area contributed by atoms with E-state index < -0.39 is 17.2 Å². The first-order valence-electron chi connectivity index (χ1n) is 11.0. The lowest BCUT2D eigenvalue weighted by molar-refractivity contribution is 0.184. The van der Waals surface area contributed by atoms with Gasteiger partial charge < -0.3 is 4.74 Å². The van der Waals surface area contributed by atoms with Crippen LogP contribution in [0, 0.1) is 28.8 Å². The SMILES string of the molecule is COCc1ccc(CCc2ccc3c(F)c(CCc4cc(F)c(C#N)c(F)c4)ccc3c2)nc1. The lowest BCUT2D eigenvalue weighted by atomic mass is 9.97. The fourth-order valence-electron chi connectivity index (χ4n) is 4.02. The number of rotatable bonds is 8. The maximum atomic E-state index is 15.1. The van der Waals surface area contributed by atoms with Crippen LogP contribution in [0.3, 0.4) is 0 Å². The van der Waals surface area contributed by atoms with Gasteiger partial charge >= 0.3 is 0 Å². The summed E-state index contributed by atoms with van der Waals surface area (Å²) in [5.41, 5.74) is 3.36. The van der Waals surface area contributed by atoms with Crippen molar-refractivity contribution in [2.75, 3.05) is 7.11 Å². The molecule has 172 valence electrons. The minimum Gasteiger partial charge on any atom is -0.380 e. The Morgan fingerprint density at radius 3 is 2.24 bits per heavy atom. The summed E-state index contributed by atoms with van der Waals surface area (Å²) in [6, 6.07) is 17.0. The van der Waals surface area contributed by atoms with Crippen molar-refractivity contribution in [1.29, 1.82) is 5.26 Å². The van der Waals surface area contributed by atoms with Crippen molar-refractivity contribution in [2.45, 2.75) is 32.3 Å². The first-order chi connectivity index (χ1) is 16.5. The Kier molecular flexibility index (Phi) is 7.24. The van der Waals surface area contributed by atoms with Crippen LogP contribution in [0.25, 0.3) is 10.8 Å². The molecule has 0 aliphatic heterocycles. The van der Waals surface area contributed by atoms with Gasteiger partial charge in [0.2, 0.25) is 0 Å². The lowest BCUT2D eigenvalue weighted by Gasteiger charge is -2.10. The van der Waals surface area contributed by atoms with E-state index in [0.717, 1.165) is 47.2 Å². The zero-order valence-electron chi connectivity index (χ0n) is 18.7. The molecule has 1 aromatic heterocycles. The lowest BCUT2D eigenvalue weighted by Crippen LogP contribution is -2.00. The Hall–Kier alpha value is -3.69. The van der Waals surface area contributed by atoms with Crippen LogP contribution in [0.5, 0.6) is 0 Å². The molecule has 34 heavy (non-hydrogen) atoms. The van der Waals surface area contributed by atoms with Crippen LogP contribution in [-0.4, -0.2) is 12.1 Å². The average Bonchev–Trinajstić information content (AvgIpc) is 2.83. The molecule has 0 aliphatic rings. The molecule has 3 aromatic carbocycles. The van der Waals surface area contributed by atoms with Gasteiger partial charge in [-0.15, -0.1) is 0 Å². The molecule has 0 aliphatic carbocycles. The van der Waals surface area contributed by atoms with Gasteiger partial charge in [0.05, 0.1) is 6.61 Å². The Balaban J connectivity index is 1.45. The van der Waals surface area contributed by atoms with Crippen LogP contribution in [-0.2, 0) is 37.0 Å². The van der Waals surface area contributed by atoms with Gasteiger partial charge in [0.1, 0.15) is 29.1 Å². The van der Waals surface area contributed by atoms with Crippen LogP contribution >= 0.6 is 0 Å². The largest absolute Gasteiger partial charge is 0.380 e. The molecular weight excluding hydrogens is 437 g/mol. The zero-order chi connectivity index (χ0) is 24.1. The number of nitriles is 1. The van der Waals surface area contributed by atoms with E-state index in [9.17, 15) is 8.78 Å². The fourth-order valence-corrected chi connectivity index (χ4v) is 4.02. The second kappa shape index (κ2) is 10.5. The average molecular weight is 460 g/mol. The maximum Gasteiger partial charge on any atom is 0.144 e. The third-order valence-electron chi connectivity index (χ3n) is 5.86. The van der Waals surface area contributed by atoms with Gasteiger partial charge in [-0.05, 0) is 71.5 Å². The number of hydrogen-bond donors (Lipinski definition) is 0. The van der Waals surface area contributed by atoms with Crippen molar-refractivity contribution < 1.29 is 17.9 Å². The van der Waals surface area contributed by atoms with Gasteiger partial charge in [-0.1, -0.05) is 36.4 Å². The summed E-state index contributed by atoms with van der Waals surface area (Å²) < 4.78 is 47.9. The molecule has 4 aromatic rings. The summed E-state index contributed by atoms with van der Waals surface area (Å²) in [5.74, 6) is -2.12. The number of methoxy groups -OCH3 is 1. The quantitative estimate of drug-likeness (QED) is 0.313. The predicted octanol–water partition coefficient (Wildman–Crippen LogP) is 6.24. The Bertz CT molecular complexity index is 1340. The topological polar surface area (TPSA) is 45.9 Å². The molecule has 0 spiro atoms. The summed E-state index contributed by atoms with van der Waals surface area (Å²) in [4.78, 5) is 4.46. The molecule has 0 atom stereocenters. The maximum absolute atomic E-state index is 15.1. The molecule has 0 fully saturated rings. The van der Waals surface area contributed by atoms with Crippen molar-refractivity contribution in [3.8, 4) is 6.07 Å². The van der Waals surface area contributed by atoms with Gasteiger partial charge in [-0.2, -0.15) is 5.26 Å². The zero-order valence-corrected chi connectivity index (χ0v) is 18.7. The van der Waals surface area contributed by atoms with Gasteiger partial charge in [0.15, 0.2) is 0 Å². The van der Waals surface area contributed by atoms with Crippen molar-refractivity contribution in [2.24, 2.45) is 0 Å². The Morgan fingerprint density at radius 1 is 0.824 bits per heavy atom. The second-order valence-corrected chi connectivity index (χ2v) is 8.23. The number of benzene rings is 3. The molecule has 3 nitrogen and oxygen atoms in total. The van der Waals surface area contributed by atoms with Gasteiger partial charge in [-0.25, -0.2) is 13.2 Å². The molecule has 0 unspecified atom stereocenters. The highest BCUT2D eigenvalue weighted by atomic mass is 19.1. The van der Waals surface area contributed by atoms with Gasteiger partial charge in [-0.3, -0.25) is 4.98 Å². The van der Waals surface area contributed by atoms with Crippen molar-refractivity contribution in [1.82, 2.24) is 4.98 Å². The molecule has 0 saturated carbocycles. The summed E-state index contributed by atoms with van der Waals surface area (Å²) in [5, 5.41) is 10.1. The molecule has 0 saturated heterocycles. The summed E-state index contributed by atoms with van der Waals surface area (Å²) in [6.45, 7) is 0.534. The number of aryl methyl sites for hydroxylation is 4. The highest BCUT2D eigenvalue weighted by Gasteiger charge is 2.13. The number of pyridine rings is 1. The Morgan fingerprint density at radius 2 is 1.56 bits per heavy atom. The third-order valence-corrected chi connectivity index (χ3v) is 5.86. The molecule has 0 radical (unpaired) electrons. The van der Waals surface area contributed by atoms with E-state index in [4.69, 9.17) is 10.00 Å². The number of hydrogen-bond acceptors (Lipinski definition) is 3. The minimum atomic E-state index is -0.898. The van der Waals surface area contributed by atoms with Crippen LogP contribution < -0.4 is 0 Å². The summed E-state index contributed by atoms with van der Waals surface area (Å²) in [7, 11) is 1.65.